The van der Waals surface area contributed by atoms with E-state index < -0.39 is 0 Å². The molecular formula is C9H4N2OS. The highest BCUT2D eigenvalue weighted by Crippen LogP contribution is 2.13. The molecule has 62 valence electrons. The molecule has 0 bridgehead atoms. The van der Waals surface area contributed by atoms with Gasteiger partial charge in [0, 0.05) is 17.4 Å². The Balaban J connectivity index is 2.41. The maximum absolute atomic E-state index is 5.29. The van der Waals surface area contributed by atoms with E-state index in [4.69, 9.17) is 17.0 Å². The van der Waals surface area contributed by atoms with Crippen LogP contribution in [0.1, 0.15) is 0 Å². The van der Waals surface area contributed by atoms with Crippen molar-refractivity contribution in [2.45, 2.75) is 0 Å². The molecule has 0 aromatic heterocycles. The highest BCUT2D eigenvalue weighted by Gasteiger charge is 2.11. The van der Waals surface area contributed by atoms with Gasteiger partial charge < -0.3 is 4.74 Å². The molecule has 2 heterocycles. The fourth-order valence-corrected chi connectivity index (χ4v) is 1.62. The van der Waals surface area contributed by atoms with E-state index in [1.165, 1.54) is 6.34 Å². The minimum Gasteiger partial charge on any atom is -0.445 e. The molecule has 0 saturated heterocycles. The molecule has 1 aromatic rings. The molecule has 2 aliphatic rings. The number of aliphatic imine (C=N–C) groups is 1. The molecule has 0 saturated carbocycles. The summed E-state index contributed by atoms with van der Waals surface area (Å²) in [6.07, 6.45) is 3.36. The minimum absolute atomic E-state index is 0.502. The van der Waals surface area contributed by atoms with Gasteiger partial charge in [-0.3, -0.25) is 0 Å². The minimum atomic E-state index is 0.502. The van der Waals surface area contributed by atoms with E-state index in [9.17, 15) is 0 Å². The summed E-state index contributed by atoms with van der Waals surface area (Å²) in [7, 11) is 0. The third-order valence-corrected chi connectivity index (χ3v) is 2.19. The van der Waals surface area contributed by atoms with E-state index in [1.54, 1.807) is 0 Å². The Morgan fingerprint density at radius 1 is 1.31 bits per heavy atom. The first-order valence-electron chi connectivity index (χ1n) is 3.81. The van der Waals surface area contributed by atoms with Crippen LogP contribution in [0.25, 0.3) is 6.08 Å². The van der Waals surface area contributed by atoms with Gasteiger partial charge in [-0.1, -0.05) is 0 Å². The Kier molecular flexibility index (Phi) is 1.19. The van der Waals surface area contributed by atoms with Gasteiger partial charge in [-0.2, -0.15) is 0 Å². The van der Waals surface area contributed by atoms with E-state index in [0.717, 1.165) is 22.0 Å². The number of benzene rings is 1. The largest absolute Gasteiger partial charge is 0.445 e. The Morgan fingerprint density at radius 2 is 2.23 bits per heavy atom. The van der Waals surface area contributed by atoms with Gasteiger partial charge in [0.2, 0.25) is 0 Å². The van der Waals surface area contributed by atoms with Gasteiger partial charge in [-0.05, 0) is 18.3 Å². The summed E-state index contributed by atoms with van der Waals surface area (Å²) in [5.41, 5.74) is 0.878. The van der Waals surface area contributed by atoms with Crippen molar-refractivity contribution < 1.29 is 4.74 Å². The summed E-state index contributed by atoms with van der Waals surface area (Å²) in [4.78, 5) is 8.16. The number of hydrogen-bond acceptors (Lipinski definition) is 4. The van der Waals surface area contributed by atoms with Crippen molar-refractivity contribution in [1.82, 2.24) is 0 Å². The molecule has 4 heteroatoms. The van der Waals surface area contributed by atoms with Gasteiger partial charge in [-0.25, -0.2) is 9.98 Å². The van der Waals surface area contributed by atoms with Gasteiger partial charge in [0.25, 0.3) is 0 Å². The Hall–Kier alpha value is -1.55. The summed E-state index contributed by atoms with van der Waals surface area (Å²) in [5.74, 6) is 0.776. The summed E-state index contributed by atoms with van der Waals surface area (Å²) in [6.45, 7) is 0. The fraction of sp³-hybridized carbons (Fsp3) is 0. The molecule has 0 aliphatic carbocycles. The van der Waals surface area contributed by atoms with Crippen LogP contribution in [0.3, 0.4) is 0 Å². The maximum Gasteiger partial charge on any atom is 0.191 e. The fourth-order valence-electron chi connectivity index (χ4n) is 1.40. The zero-order valence-electron chi connectivity index (χ0n) is 6.52. The van der Waals surface area contributed by atoms with Crippen LogP contribution in [0.5, 0.6) is 5.75 Å². The topological polar surface area (TPSA) is 34.0 Å². The molecule has 0 unspecified atom stereocenters. The van der Waals surface area contributed by atoms with E-state index in [2.05, 4.69) is 9.98 Å². The van der Waals surface area contributed by atoms with Gasteiger partial charge in [-0.15, -0.1) is 0 Å². The molecule has 3 nitrogen and oxygen atoms in total. The van der Waals surface area contributed by atoms with Crippen LogP contribution in [0.2, 0.25) is 0 Å². The van der Waals surface area contributed by atoms with Crippen molar-refractivity contribution in [2.24, 2.45) is 9.98 Å². The lowest BCUT2D eigenvalue weighted by Crippen LogP contribution is -2.07. The number of nitrogens with zero attached hydrogens (tertiary/aromatic N) is 2. The predicted octanol–water partition coefficient (Wildman–Crippen LogP) is 0.480. The molecule has 0 atom stereocenters. The summed E-state index contributed by atoms with van der Waals surface area (Å²) in [6, 6.07) is 3.78. The monoisotopic (exact) mass is 188 g/mol. The lowest BCUT2D eigenvalue weighted by Gasteiger charge is -1.95. The smallest absolute Gasteiger partial charge is 0.191 e. The Morgan fingerprint density at radius 3 is 3.15 bits per heavy atom. The van der Waals surface area contributed by atoms with Gasteiger partial charge in [0.05, 0.1) is 11.0 Å². The molecule has 13 heavy (non-hydrogen) atoms. The second kappa shape index (κ2) is 2.23. The number of hydrogen-bond donors (Lipinski definition) is 0. The second-order valence-electron chi connectivity index (χ2n) is 2.82. The predicted molar refractivity (Wildman–Crippen MR) is 53.1 cm³/mol. The quantitative estimate of drug-likeness (QED) is 0.555. The van der Waals surface area contributed by atoms with Gasteiger partial charge >= 0.3 is 0 Å². The van der Waals surface area contributed by atoms with Crippen molar-refractivity contribution in [3.63, 3.8) is 0 Å². The molecule has 0 radical (unpaired) electrons. The zero-order valence-corrected chi connectivity index (χ0v) is 7.34. The van der Waals surface area contributed by atoms with Gasteiger partial charge in [0.1, 0.15) is 12.1 Å². The number of fused-ring (bicyclic) bond motifs is 2. The van der Waals surface area contributed by atoms with Gasteiger partial charge in [0.15, 0.2) is 5.05 Å². The van der Waals surface area contributed by atoms with Crippen LogP contribution in [-0.4, -0.2) is 11.4 Å². The number of thiocarbonyl (C=S) groups is 1. The third-order valence-electron chi connectivity index (χ3n) is 1.98. The van der Waals surface area contributed by atoms with Crippen LogP contribution in [-0.2, 0) is 0 Å². The first-order valence-corrected chi connectivity index (χ1v) is 4.22. The first kappa shape index (κ1) is 6.91. The molecule has 0 N–H and O–H groups in total. The Labute approximate surface area is 79.1 Å². The molecular weight excluding hydrogens is 184 g/mol. The zero-order chi connectivity index (χ0) is 8.84. The standard InChI is InChI=1S/C9H4N2OS/c13-9-2-5-1-6-7(11-4-10-6)3-8(5)12-9/h1-4H. The SMILES string of the molecule is S=C1C=c2cc3c(cc2O1)=NC=N3. The van der Waals surface area contributed by atoms with Crippen LogP contribution in [0.4, 0.5) is 5.69 Å². The average Bonchev–Trinajstić information content (AvgIpc) is 2.63. The lowest BCUT2D eigenvalue weighted by molar-refractivity contribution is 0.578. The molecule has 0 spiro atoms. The number of rotatable bonds is 0. The molecule has 3 rings (SSSR count). The highest BCUT2D eigenvalue weighted by atomic mass is 32.1. The van der Waals surface area contributed by atoms with Crippen molar-refractivity contribution in [3.05, 3.63) is 22.7 Å². The van der Waals surface area contributed by atoms with Crippen molar-refractivity contribution in [2.75, 3.05) is 0 Å². The summed E-state index contributed by atoms with van der Waals surface area (Å²) in [5, 5.41) is 2.33. The van der Waals surface area contributed by atoms with Crippen LogP contribution in [0, 0.1) is 0 Å². The van der Waals surface area contributed by atoms with E-state index in [0.29, 0.717) is 5.05 Å². The highest BCUT2D eigenvalue weighted by molar-refractivity contribution is 7.80. The van der Waals surface area contributed by atoms with E-state index >= 15 is 0 Å². The van der Waals surface area contributed by atoms with E-state index in [-0.39, 0.29) is 0 Å². The molecule has 0 amide bonds. The number of ether oxygens (including phenoxy) is 1. The van der Waals surface area contributed by atoms with Crippen LogP contribution in [0.15, 0.2) is 22.1 Å². The lowest BCUT2D eigenvalue weighted by atomic mass is 10.2. The average molecular weight is 188 g/mol. The molecule has 0 fully saturated rings. The van der Waals surface area contributed by atoms with Crippen molar-refractivity contribution >= 4 is 35.4 Å². The van der Waals surface area contributed by atoms with Crippen LogP contribution < -0.4 is 15.3 Å². The Bertz CT molecular complexity index is 560. The van der Waals surface area contributed by atoms with Crippen LogP contribution >= 0.6 is 12.2 Å². The van der Waals surface area contributed by atoms with E-state index in [1.807, 2.05) is 18.2 Å². The van der Waals surface area contributed by atoms with Crippen molar-refractivity contribution in [1.29, 1.82) is 0 Å². The molecule has 1 aromatic carbocycles. The maximum atomic E-state index is 5.29. The first-order chi connectivity index (χ1) is 6.33. The molecule has 2 aliphatic heterocycles. The third kappa shape index (κ3) is 0.922. The van der Waals surface area contributed by atoms with Crippen molar-refractivity contribution in [3.8, 4) is 5.75 Å². The summed E-state index contributed by atoms with van der Waals surface area (Å²) < 4.78 is 5.29. The normalized spacial score (nSPS) is 15.8. The second-order valence-corrected chi connectivity index (χ2v) is 3.22. The summed E-state index contributed by atoms with van der Waals surface area (Å²) >= 11 is 4.92.